The fourth-order valence-electron chi connectivity index (χ4n) is 3.71. The van der Waals surface area contributed by atoms with Gasteiger partial charge in [0, 0.05) is 63.8 Å². The number of hydrogen-bond donors (Lipinski definition) is 0. The topological polar surface area (TPSA) is 87.5 Å². The number of hydrogen-bond acceptors (Lipinski definition) is 6. The molecule has 0 aliphatic carbocycles. The molecule has 2 aliphatic rings. The van der Waals surface area contributed by atoms with Crippen molar-refractivity contribution in [2.24, 2.45) is 5.92 Å². The molecule has 1 atom stereocenters. The molecule has 9 nitrogen and oxygen atoms in total. The van der Waals surface area contributed by atoms with Gasteiger partial charge in [0.15, 0.2) is 0 Å². The van der Waals surface area contributed by atoms with Crippen molar-refractivity contribution in [1.29, 1.82) is 0 Å². The molecule has 2 fully saturated rings. The first-order chi connectivity index (χ1) is 13.5. The number of amides is 2. The summed E-state index contributed by atoms with van der Waals surface area (Å²) in [6, 6.07) is 2.02. The van der Waals surface area contributed by atoms with E-state index < -0.39 is 0 Å². The fraction of sp³-hybridized carbons (Fsp3) is 0.526. The summed E-state index contributed by atoms with van der Waals surface area (Å²) in [6.45, 7) is 7.12. The van der Waals surface area contributed by atoms with Crippen LogP contribution in [0.1, 0.15) is 26.3 Å². The quantitative estimate of drug-likeness (QED) is 0.781. The van der Waals surface area contributed by atoms with E-state index >= 15 is 0 Å². The zero-order valence-corrected chi connectivity index (χ0v) is 16.2. The van der Waals surface area contributed by atoms with Crippen LogP contribution in [0.2, 0.25) is 0 Å². The Morgan fingerprint density at radius 2 is 1.86 bits per heavy atom. The van der Waals surface area contributed by atoms with Crippen molar-refractivity contribution in [1.82, 2.24) is 24.6 Å². The van der Waals surface area contributed by atoms with E-state index in [-0.39, 0.29) is 30.2 Å². The lowest BCUT2D eigenvalue weighted by Gasteiger charge is -2.35. The van der Waals surface area contributed by atoms with Crippen molar-refractivity contribution in [2.45, 2.75) is 26.3 Å². The smallest absolute Gasteiger partial charge is 0.228 e. The molecule has 1 unspecified atom stereocenters. The number of anilines is 2. The molecule has 2 aromatic heterocycles. The van der Waals surface area contributed by atoms with E-state index in [2.05, 4.69) is 20.0 Å². The van der Waals surface area contributed by atoms with E-state index in [0.717, 1.165) is 5.69 Å². The highest BCUT2D eigenvalue weighted by Gasteiger charge is 2.38. The van der Waals surface area contributed by atoms with Gasteiger partial charge < -0.3 is 14.7 Å². The minimum atomic E-state index is -0.297. The van der Waals surface area contributed by atoms with Crippen molar-refractivity contribution in [3.63, 3.8) is 0 Å². The van der Waals surface area contributed by atoms with E-state index in [9.17, 15) is 9.59 Å². The summed E-state index contributed by atoms with van der Waals surface area (Å²) in [4.78, 5) is 39.6. The molecule has 0 aromatic carbocycles. The van der Waals surface area contributed by atoms with Crippen molar-refractivity contribution in [3.8, 4) is 0 Å². The number of nitrogens with zero attached hydrogens (tertiary/aromatic N) is 7. The van der Waals surface area contributed by atoms with E-state index in [4.69, 9.17) is 0 Å². The van der Waals surface area contributed by atoms with Crippen molar-refractivity contribution >= 4 is 23.5 Å². The largest absolute Gasteiger partial charge is 0.339 e. The van der Waals surface area contributed by atoms with E-state index in [1.165, 1.54) is 0 Å². The Kier molecular flexibility index (Phi) is 4.97. The number of carbonyl (C=O) groups excluding carboxylic acids is 2. The van der Waals surface area contributed by atoms with Crippen LogP contribution in [-0.4, -0.2) is 69.2 Å². The van der Waals surface area contributed by atoms with Gasteiger partial charge in [-0.3, -0.25) is 14.3 Å². The Morgan fingerprint density at radius 3 is 2.50 bits per heavy atom. The molecule has 0 saturated carbocycles. The SMILES string of the molecule is CC(C)n1cc(N2CC(C(=O)N3CCN(c4ncccn4)CC3)CC2=O)cn1. The van der Waals surface area contributed by atoms with Gasteiger partial charge in [-0.05, 0) is 19.9 Å². The van der Waals surface area contributed by atoms with E-state index in [0.29, 0.717) is 38.7 Å². The highest BCUT2D eigenvalue weighted by molar-refractivity contribution is 6.00. The molecule has 28 heavy (non-hydrogen) atoms. The second-order valence-electron chi connectivity index (χ2n) is 7.54. The maximum Gasteiger partial charge on any atom is 0.228 e. The molecule has 2 aromatic rings. The molecule has 0 N–H and O–H groups in total. The van der Waals surface area contributed by atoms with Crippen LogP contribution in [0, 0.1) is 5.92 Å². The predicted molar refractivity (Wildman–Crippen MR) is 104 cm³/mol. The summed E-state index contributed by atoms with van der Waals surface area (Å²) in [5.41, 5.74) is 0.764. The van der Waals surface area contributed by atoms with Gasteiger partial charge in [-0.25, -0.2) is 9.97 Å². The summed E-state index contributed by atoms with van der Waals surface area (Å²) in [5.74, 6) is 0.437. The van der Waals surface area contributed by atoms with Gasteiger partial charge in [-0.2, -0.15) is 5.10 Å². The van der Waals surface area contributed by atoms with Gasteiger partial charge in [0.25, 0.3) is 0 Å². The third-order valence-electron chi connectivity index (χ3n) is 5.33. The lowest BCUT2D eigenvalue weighted by molar-refractivity contribution is -0.136. The second-order valence-corrected chi connectivity index (χ2v) is 7.54. The molecular formula is C19H25N7O2. The molecule has 9 heteroatoms. The maximum atomic E-state index is 13.0. The zero-order chi connectivity index (χ0) is 19.7. The highest BCUT2D eigenvalue weighted by Crippen LogP contribution is 2.27. The molecule has 0 spiro atoms. The molecule has 2 aliphatic heterocycles. The first-order valence-electron chi connectivity index (χ1n) is 9.68. The summed E-state index contributed by atoms with van der Waals surface area (Å²) in [7, 11) is 0. The lowest BCUT2D eigenvalue weighted by Crippen LogP contribution is -2.51. The van der Waals surface area contributed by atoms with Crippen LogP contribution in [-0.2, 0) is 9.59 Å². The van der Waals surface area contributed by atoms with Crippen LogP contribution in [0.3, 0.4) is 0 Å². The Hall–Kier alpha value is -2.97. The van der Waals surface area contributed by atoms with Crippen LogP contribution < -0.4 is 9.80 Å². The van der Waals surface area contributed by atoms with Gasteiger partial charge in [-0.15, -0.1) is 0 Å². The van der Waals surface area contributed by atoms with Crippen molar-refractivity contribution in [3.05, 3.63) is 30.9 Å². The summed E-state index contributed by atoms with van der Waals surface area (Å²) >= 11 is 0. The number of aromatic nitrogens is 4. The lowest BCUT2D eigenvalue weighted by atomic mass is 10.1. The Labute approximate surface area is 164 Å². The molecule has 2 amide bonds. The van der Waals surface area contributed by atoms with Gasteiger partial charge in [0.2, 0.25) is 17.8 Å². The van der Waals surface area contributed by atoms with E-state index in [1.54, 1.807) is 29.6 Å². The Morgan fingerprint density at radius 1 is 1.14 bits per heavy atom. The average Bonchev–Trinajstić information content (AvgIpc) is 3.35. The van der Waals surface area contributed by atoms with Crippen LogP contribution in [0.25, 0.3) is 0 Å². The molecule has 4 rings (SSSR count). The molecule has 0 radical (unpaired) electrons. The van der Waals surface area contributed by atoms with E-state index in [1.807, 2.05) is 29.6 Å². The minimum Gasteiger partial charge on any atom is -0.339 e. The molecule has 0 bridgehead atoms. The zero-order valence-electron chi connectivity index (χ0n) is 16.2. The summed E-state index contributed by atoms with van der Waals surface area (Å²) < 4.78 is 1.82. The third-order valence-corrected chi connectivity index (χ3v) is 5.33. The average molecular weight is 383 g/mol. The second kappa shape index (κ2) is 7.57. The summed E-state index contributed by atoms with van der Waals surface area (Å²) in [6.07, 6.45) is 7.27. The van der Waals surface area contributed by atoms with Gasteiger partial charge >= 0.3 is 0 Å². The molecule has 2 saturated heterocycles. The normalized spacial score (nSPS) is 20.3. The fourth-order valence-corrected chi connectivity index (χ4v) is 3.71. The van der Waals surface area contributed by atoms with Crippen LogP contribution in [0.15, 0.2) is 30.9 Å². The number of rotatable bonds is 4. The molecule has 148 valence electrons. The van der Waals surface area contributed by atoms with Crippen LogP contribution in [0.5, 0.6) is 0 Å². The highest BCUT2D eigenvalue weighted by atomic mass is 16.2. The standard InChI is InChI=1S/C19H25N7O2/c1-14(2)26-13-16(11-22-26)25-12-15(10-17(25)27)18(28)23-6-8-24(9-7-23)19-20-4-3-5-21-19/h3-5,11,13-15H,6-10,12H2,1-2H3. The summed E-state index contributed by atoms with van der Waals surface area (Å²) in [5, 5.41) is 4.30. The van der Waals surface area contributed by atoms with Crippen molar-refractivity contribution in [2.75, 3.05) is 42.5 Å². The minimum absolute atomic E-state index is 0.0158. The third kappa shape index (κ3) is 3.56. The molecule has 4 heterocycles. The maximum absolute atomic E-state index is 13.0. The van der Waals surface area contributed by atoms with Gasteiger partial charge in [-0.1, -0.05) is 0 Å². The van der Waals surface area contributed by atoms with Gasteiger partial charge in [0.1, 0.15) is 0 Å². The monoisotopic (exact) mass is 383 g/mol. The van der Waals surface area contributed by atoms with Crippen LogP contribution in [0.4, 0.5) is 11.6 Å². The van der Waals surface area contributed by atoms with Crippen LogP contribution >= 0.6 is 0 Å². The Bertz CT molecular complexity index is 843. The van der Waals surface area contributed by atoms with Crippen molar-refractivity contribution < 1.29 is 9.59 Å². The first kappa shape index (κ1) is 18.4. The predicted octanol–water partition coefficient (Wildman–Crippen LogP) is 0.956. The van der Waals surface area contributed by atoms with Gasteiger partial charge in [0.05, 0.1) is 17.8 Å². The Balaban J connectivity index is 1.36. The number of carbonyl (C=O) groups is 2. The first-order valence-corrected chi connectivity index (χ1v) is 9.68. The molecular weight excluding hydrogens is 358 g/mol. The number of piperazine rings is 1.